The van der Waals surface area contributed by atoms with Gasteiger partial charge in [-0.15, -0.1) is 0 Å². The fourth-order valence-electron chi connectivity index (χ4n) is 2.90. The topological polar surface area (TPSA) is 63.9 Å². The number of hydrogen-bond donors (Lipinski definition) is 1. The molecule has 7 nitrogen and oxygen atoms in total. The molecule has 0 radical (unpaired) electrons. The highest BCUT2D eigenvalue weighted by molar-refractivity contribution is 5.79. The largest absolute Gasteiger partial charge is 0.385 e. The Balaban J connectivity index is 1.60. The Morgan fingerprint density at radius 1 is 1.29 bits per heavy atom. The average Bonchev–Trinajstić information content (AvgIpc) is 3.13. The Labute approximate surface area is 145 Å². The molecule has 1 aliphatic rings. The summed E-state index contributed by atoms with van der Waals surface area (Å²) < 4.78 is 13.1. The zero-order chi connectivity index (χ0) is 17.0. The molecular formula is C17H31N5O2. The van der Waals surface area contributed by atoms with E-state index >= 15 is 0 Å². The van der Waals surface area contributed by atoms with Gasteiger partial charge < -0.3 is 24.3 Å². The Morgan fingerprint density at radius 3 is 2.79 bits per heavy atom. The molecule has 1 saturated heterocycles. The molecule has 0 spiro atoms. The quantitative estimate of drug-likeness (QED) is 0.419. The number of aromatic nitrogens is 2. The van der Waals surface area contributed by atoms with Gasteiger partial charge in [0.25, 0.3) is 0 Å². The molecule has 2 heterocycles. The van der Waals surface area contributed by atoms with Crippen LogP contribution >= 0.6 is 0 Å². The summed E-state index contributed by atoms with van der Waals surface area (Å²) >= 11 is 0. The van der Waals surface area contributed by atoms with Crippen LogP contribution in [0, 0.1) is 0 Å². The minimum Gasteiger partial charge on any atom is -0.385 e. The third-order valence-electron chi connectivity index (χ3n) is 4.24. The molecule has 0 atom stereocenters. The molecule has 0 bridgehead atoms. The van der Waals surface area contributed by atoms with Crippen molar-refractivity contribution < 1.29 is 9.47 Å². The lowest BCUT2D eigenvalue weighted by Gasteiger charge is -2.34. The first-order valence-corrected chi connectivity index (χ1v) is 8.85. The van der Waals surface area contributed by atoms with Gasteiger partial charge in [-0.1, -0.05) is 0 Å². The van der Waals surface area contributed by atoms with Crippen molar-refractivity contribution in [2.75, 3.05) is 47.0 Å². The third kappa shape index (κ3) is 6.49. The first-order valence-electron chi connectivity index (χ1n) is 8.85. The normalized spacial score (nSPS) is 16.6. The average molecular weight is 337 g/mol. The van der Waals surface area contributed by atoms with Crippen molar-refractivity contribution in [2.45, 2.75) is 38.3 Å². The molecule has 1 aromatic rings. The highest BCUT2D eigenvalue weighted by Gasteiger charge is 2.21. The second-order valence-corrected chi connectivity index (χ2v) is 6.03. The van der Waals surface area contributed by atoms with Crippen LogP contribution in [0.5, 0.6) is 0 Å². The van der Waals surface area contributed by atoms with E-state index in [-0.39, 0.29) is 0 Å². The smallest absolute Gasteiger partial charge is 0.193 e. The van der Waals surface area contributed by atoms with Gasteiger partial charge in [-0.05, 0) is 25.7 Å². The van der Waals surface area contributed by atoms with Crippen LogP contribution in [0.2, 0.25) is 0 Å². The molecule has 2 rings (SSSR count). The fraction of sp³-hybridized carbons (Fsp3) is 0.765. The first-order chi connectivity index (χ1) is 11.8. The van der Waals surface area contributed by atoms with Gasteiger partial charge in [0, 0.05) is 65.9 Å². The molecule has 0 amide bonds. The maximum Gasteiger partial charge on any atom is 0.193 e. The van der Waals surface area contributed by atoms with Gasteiger partial charge in [-0.25, -0.2) is 4.98 Å². The van der Waals surface area contributed by atoms with Gasteiger partial charge in [-0.2, -0.15) is 0 Å². The number of imidazole rings is 1. The van der Waals surface area contributed by atoms with Crippen LogP contribution in [0.25, 0.3) is 0 Å². The Bertz CT molecular complexity index is 456. The van der Waals surface area contributed by atoms with Crippen molar-refractivity contribution in [3.05, 3.63) is 18.7 Å². The zero-order valence-electron chi connectivity index (χ0n) is 15.0. The molecule has 0 unspecified atom stereocenters. The van der Waals surface area contributed by atoms with Crippen molar-refractivity contribution >= 4 is 5.96 Å². The molecular weight excluding hydrogens is 306 g/mol. The third-order valence-corrected chi connectivity index (χ3v) is 4.24. The number of piperidine rings is 1. The molecule has 1 fully saturated rings. The van der Waals surface area contributed by atoms with Crippen LogP contribution < -0.4 is 5.32 Å². The summed E-state index contributed by atoms with van der Waals surface area (Å²) in [4.78, 5) is 10.8. The van der Waals surface area contributed by atoms with Gasteiger partial charge in [0.2, 0.25) is 0 Å². The first kappa shape index (κ1) is 18.7. The lowest BCUT2D eigenvalue weighted by molar-refractivity contribution is 0.00991. The van der Waals surface area contributed by atoms with E-state index in [1.165, 1.54) is 0 Å². The van der Waals surface area contributed by atoms with Crippen LogP contribution in [-0.2, 0) is 16.0 Å². The maximum absolute atomic E-state index is 5.91. The van der Waals surface area contributed by atoms with Gasteiger partial charge in [0.15, 0.2) is 5.96 Å². The number of nitrogens with zero attached hydrogens (tertiary/aromatic N) is 4. The van der Waals surface area contributed by atoms with E-state index in [9.17, 15) is 0 Å². The van der Waals surface area contributed by atoms with Gasteiger partial charge in [0.05, 0.1) is 12.4 Å². The van der Waals surface area contributed by atoms with E-state index < -0.39 is 0 Å². The van der Waals surface area contributed by atoms with Crippen molar-refractivity contribution in [1.82, 2.24) is 19.8 Å². The second-order valence-electron chi connectivity index (χ2n) is 6.03. The maximum atomic E-state index is 5.91. The zero-order valence-corrected chi connectivity index (χ0v) is 15.0. The molecule has 1 aromatic heterocycles. The summed E-state index contributed by atoms with van der Waals surface area (Å²) in [5, 5.41) is 3.46. The lowest BCUT2D eigenvalue weighted by Crippen LogP contribution is -2.47. The highest BCUT2D eigenvalue weighted by Crippen LogP contribution is 2.14. The minimum atomic E-state index is 0.373. The highest BCUT2D eigenvalue weighted by atomic mass is 16.5. The van der Waals surface area contributed by atoms with Crippen molar-refractivity contribution in [1.29, 1.82) is 0 Å². The van der Waals surface area contributed by atoms with Crippen LogP contribution in [0.3, 0.4) is 0 Å². The number of guanidine groups is 1. The number of aliphatic imine (C=N–C) groups is 1. The van der Waals surface area contributed by atoms with Crippen molar-refractivity contribution in [2.24, 2.45) is 4.99 Å². The monoisotopic (exact) mass is 337 g/mol. The van der Waals surface area contributed by atoms with E-state index in [0.29, 0.717) is 6.10 Å². The van der Waals surface area contributed by atoms with Gasteiger partial charge in [0.1, 0.15) is 0 Å². The summed E-state index contributed by atoms with van der Waals surface area (Å²) in [6.45, 7) is 5.44. The fourth-order valence-corrected chi connectivity index (χ4v) is 2.90. The van der Waals surface area contributed by atoms with Crippen molar-refractivity contribution in [3.8, 4) is 0 Å². The van der Waals surface area contributed by atoms with Crippen LogP contribution in [-0.4, -0.2) is 73.5 Å². The molecule has 0 aliphatic carbocycles. The van der Waals surface area contributed by atoms with Crippen LogP contribution in [0.1, 0.15) is 25.7 Å². The number of hydrogen-bond acceptors (Lipinski definition) is 4. The van der Waals surface area contributed by atoms with Crippen LogP contribution in [0.15, 0.2) is 23.7 Å². The van der Waals surface area contributed by atoms with Crippen LogP contribution in [0.4, 0.5) is 0 Å². The van der Waals surface area contributed by atoms with E-state index in [4.69, 9.17) is 9.47 Å². The Morgan fingerprint density at radius 2 is 2.12 bits per heavy atom. The molecule has 136 valence electrons. The molecule has 1 aliphatic heterocycles. The summed E-state index contributed by atoms with van der Waals surface area (Å²) in [5.41, 5.74) is 0. The molecule has 0 saturated carbocycles. The summed E-state index contributed by atoms with van der Waals surface area (Å²) in [6, 6.07) is 0. The standard InChI is InChI=1S/C17H31N5O2/c1-18-17(20-7-3-9-21-12-8-19-15-21)22-10-5-16(6-11-22)24-14-4-13-23-2/h8,12,15-16H,3-7,9-11,13-14H2,1-2H3,(H,18,20). The number of aryl methyl sites for hydroxylation is 1. The summed E-state index contributed by atoms with van der Waals surface area (Å²) in [5.74, 6) is 0.999. The van der Waals surface area contributed by atoms with E-state index in [1.807, 2.05) is 25.8 Å². The number of nitrogens with one attached hydrogen (secondary N) is 1. The van der Waals surface area contributed by atoms with E-state index in [0.717, 1.165) is 71.0 Å². The number of methoxy groups -OCH3 is 1. The van der Waals surface area contributed by atoms with E-state index in [2.05, 4.69) is 24.8 Å². The minimum absolute atomic E-state index is 0.373. The van der Waals surface area contributed by atoms with Gasteiger partial charge in [-0.3, -0.25) is 4.99 Å². The Kier molecular flexibility index (Phi) is 8.62. The number of ether oxygens (including phenoxy) is 2. The molecule has 7 heteroatoms. The predicted molar refractivity (Wildman–Crippen MR) is 95.2 cm³/mol. The molecule has 24 heavy (non-hydrogen) atoms. The van der Waals surface area contributed by atoms with Gasteiger partial charge >= 0.3 is 0 Å². The molecule has 0 aromatic carbocycles. The molecule has 1 N–H and O–H groups in total. The predicted octanol–water partition coefficient (Wildman–Crippen LogP) is 1.37. The number of rotatable bonds is 9. The second kappa shape index (κ2) is 11.0. The van der Waals surface area contributed by atoms with E-state index in [1.54, 1.807) is 7.11 Å². The lowest BCUT2D eigenvalue weighted by atomic mass is 10.1. The van der Waals surface area contributed by atoms with Crippen molar-refractivity contribution in [3.63, 3.8) is 0 Å². The number of likely N-dealkylation sites (tertiary alicyclic amines) is 1. The Hall–Kier alpha value is -1.60. The SMILES string of the molecule is CN=C(NCCCn1ccnc1)N1CCC(OCCCOC)CC1. The summed E-state index contributed by atoms with van der Waals surface area (Å²) in [6.07, 6.45) is 10.2. The summed E-state index contributed by atoms with van der Waals surface area (Å²) in [7, 11) is 3.58.